The fourth-order valence-corrected chi connectivity index (χ4v) is 11.8. The SMILES string of the molecule is CCOCOC(C)(CC1CC2CC1C1C3CC(C(C)C3C)C21)C(F)(F)F.COC(C)(CC1CC2CC1C(C)C2C)C(F)(F)F. The average molecular weight is 639 g/mol. The van der Waals surface area contributed by atoms with E-state index in [4.69, 9.17) is 14.2 Å². The fourth-order valence-electron chi connectivity index (χ4n) is 11.8. The van der Waals surface area contributed by atoms with E-state index in [0.29, 0.717) is 48.0 Å². The summed E-state index contributed by atoms with van der Waals surface area (Å²) in [6.45, 7) is 13.5. The van der Waals surface area contributed by atoms with Crippen LogP contribution in [0.2, 0.25) is 0 Å². The molecule has 0 aromatic rings. The monoisotopic (exact) mass is 638 g/mol. The van der Waals surface area contributed by atoms with Crippen LogP contribution in [0.1, 0.15) is 93.4 Å². The Labute approximate surface area is 260 Å². The van der Waals surface area contributed by atoms with E-state index in [-0.39, 0.29) is 31.5 Å². The first-order valence-corrected chi connectivity index (χ1v) is 17.3. The molecule has 0 aromatic carbocycles. The van der Waals surface area contributed by atoms with E-state index in [2.05, 4.69) is 27.7 Å². The molecule has 6 aliphatic rings. The minimum Gasteiger partial charge on any atom is -0.369 e. The summed E-state index contributed by atoms with van der Waals surface area (Å²) >= 11 is 0. The lowest BCUT2D eigenvalue weighted by Gasteiger charge is -2.45. The van der Waals surface area contributed by atoms with Crippen LogP contribution in [0.25, 0.3) is 0 Å². The summed E-state index contributed by atoms with van der Waals surface area (Å²) < 4.78 is 95.6. The van der Waals surface area contributed by atoms with Gasteiger partial charge in [-0.2, -0.15) is 26.3 Å². The first-order valence-electron chi connectivity index (χ1n) is 17.3. The van der Waals surface area contributed by atoms with Crippen molar-refractivity contribution in [3.63, 3.8) is 0 Å². The number of hydrogen-bond donors (Lipinski definition) is 0. The van der Waals surface area contributed by atoms with Crippen molar-refractivity contribution >= 4 is 0 Å². The molecule has 0 amide bonds. The Kier molecular flexibility index (Phi) is 9.62. The van der Waals surface area contributed by atoms with Crippen LogP contribution in [-0.2, 0) is 14.2 Å². The smallest absolute Gasteiger partial charge is 0.369 e. The second-order valence-corrected chi connectivity index (χ2v) is 16.3. The van der Waals surface area contributed by atoms with Crippen molar-refractivity contribution in [1.29, 1.82) is 0 Å². The summed E-state index contributed by atoms with van der Waals surface area (Å²) in [5.41, 5.74) is -4.07. The highest BCUT2D eigenvalue weighted by atomic mass is 19.4. The third-order valence-electron chi connectivity index (χ3n) is 14.6. The molecule has 0 saturated heterocycles. The molecular weight excluding hydrogens is 582 g/mol. The quantitative estimate of drug-likeness (QED) is 0.109. The van der Waals surface area contributed by atoms with Crippen LogP contribution >= 0.6 is 0 Å². The van der Waals surface area contributed by atoms with Crippen LogP contribution in [0.15, 0.2) is 0 Å². The van der Waals surface area contributed by atoms with Crippen LogP contribution in [0.4, 0.5) is 26.3 Å². The fraction of sp³-hybridized carbons (Fsp3) is 1.00. The zero-order valence-corrected chi connectivity index (χ0v) is 27.9. The predicted octanol–water partition coefficient (Wildman–Crippen LogP) is 9.79. The van der Waals surface area contributed by atoms with Gasteiger partial charge in [-0.05, 0) is 149 Å². The predicted molar refractivity (Wildman–Crippen MR) is 157 cm³/mol. The van der Waals surface area contributed by atoms with E-state index >= 15 is 0 Å². The number of rotatable bonds is 9. The number of alkyl halides is 6. The van der Waals surface area contributed by atoms with Crippen molar-refractivity contribution in [2.45, 2.75) is 117 Å². The highest BCUT2D eigenvalue weighted by Gasteiger charge is 2.67. The number of fused-ring (bicyclic) bond motifs is 11. The Hall–Kier alpha value is -0.540. The van der Waals surface area contributed by atoms with Gasteiger partial charge in [0.15, 0.2) is 11.2 Å². The molecule has 6 aliphatic carbocycles. The van der Waals surface area contributed by atoms with Gasteiger partial charge in [0.1, 0.15) is 6.79 Å². The maximum Gasteiger partial charge on any atom is 0.417 e. The molecule has 256 valence electrons. The van der Waals surface area contributed by atoms with E-state index < -0.39 is 23.6 Å². The molecule has 0 radical (unpaired) electrons. The van der Waals surface area contributed by atoms with Crippen LogP contribution in [0, 0.1) is 82.9 Å². The summed E-state index contributed by atoms with van der Waals surface area (Å²) in [7, 11) is 1.17. The van der Waals surface area contributed by atoms with Gasteiger partial charge in [0.25, 0.3) is 0 Å². The van der Waals surface area contributed by atoms with Crippen molar-refractivity contribution in [2.24, 2.45) is 82.9 Å². The molecule has 0 aromatic heterocycles. The van der Waals surface area contributed by atoms with Crippen molar-refractivity contribution in [1.82, 2.24) is 0 Å². The second kappa shape index (κ2) is 12.2. The van der Waals surface area contributed by atoms with Gasteiger partial charge >= 0.3 is 12.4 Å². The average Bonchev–Trinajstić information content (AvgIpc) is 3.76. The van der Waals surface area contributed by atoms with Crippen LogP contribution in [0.5, 0.6) is 0 Å². The molecule has 0 heterocycles. The van der Waals surface area contributed by atoms with Gasteiger partial charge in [-0.25, -0.2) is 0 Å². The second-order valence-electron chi connectivity index (χ2n) is 16.3. The molecule has 44 heavy (non-hydrogen) atoms. The number of methoxy groups -OCH3 is 1. The molecule has 3 nitrogen and oxygen atoms in total. The molecule has 0 spiro atoms. The summed E-state index contributed by atoms with van der Waals surface area (Å²) in [6.07, 6.45) is -2.91. The molecule has 0 N–H and O–H groups in total. The Morgan fingerprint density at radius 2 is 1.09 bits per heavy atom. The Balaban J connectivity index is 0.000000187. The minimum absolute atomic E-state index is 0.0925. The van der Waals surface area contributed by atoms with Crippen LogP contribution in [-0.4, -0.2) is 44.1 Å². The van der Waals surface area contributed by atoms with Gasteiger partial charge < -0.3 is 14.2 Å². The standard InChI is InChI=1S/C21H33F3O2.C14H23F3O/c1-5-25-10-26-20(4,21(22,23)24)9-14-6-13-7-17(14)19-16-8-15(18(13)19)11(2)12(16)3;1-8-9(2)12-6-10(8)5-11(12)7-13(3,18-4)14(15,16)17/h11-19H,5-10H2,1-4H3;8-12H,5-7H2,1-4H3. The lowest BCUT2D eigenvalue weighted by atomic mass is 9.61. The third-order valence-corrected chi connectivity index (χ3v) is 14.6. The topological polar surface area (TPSA) is 27.7 Å². The Bertz CT molecular complexity index is 1000. The highest BCUT2D eigenvalue weighted by Crippen LogP contribution is 2.72. The van der Waals surface area contributed by atoms with Gasteiger partial charge in [0, 0.05) is 13.7 Å². The molecule has 0 aliphatic heterocycles. The largest absolute Gasteiger partial charge is 0.417 e. The van der Waals surface area contributed by atoms with Gasteiger partial charge in [-0.15, -0.1) is 0 Å². The zero-order chi connectivity index (χ0) is 32.6. The lowest BCUT2D eigenvalue weighted by molar-refractivity contribution is -0.298. The maximum absolute atomic E-state index is 13.8. The molecule has 6 rings (SSSR count). The van der Waals surface area contributed by atoms with E-state index in [9.17, 15) is 26.3 Å². The molecular formula is C35H56F6O3. The highest BCUT2D eigenvalue weighted by molar-refractivity contribution is 5.14. The van der Waals surface area contributed by atoms with Gasteiger partial charge in [0.2, 0.25) is 0 Å². The minimum atomic E-state index is -4.36. The number of ether oxygens (including phenoxy) is 3. The molecule has 16 unspecified atom stereocenters. The Morgan fingerprint density at radius 3 is 1.61 bits per heavy atom. The molecule has 6 fully saturated rings. The maximum atomic E-state index is 13.8. The first-order chi connectivity index (χ1) is 20.4. The van der Waals surface area contributed by atoms with Crippen LogP contribution < -0.4 is 0 Å². The molecule has 16 atom stereocenters. The number of halogens is 6. The normalized spacial score (nSPS) is 46.5. The summed E-state index contributed by atoms with van der Waals surface area (Å²) in [5, 5.41) is 0. The van der Waals surface area contributed by atoms with Crippen molar-refractivity contribution in [2.75, 3.05) is 20.5 Å². The van der Waals surface area contributed by atoms with Crippen LogP contribution in [0.3, 0.4) is 0 Å². The van der Waals surface area contributed by atoms with Crippen molar-refractivity contribution < 1.29 is 40.6 Å². The first kappa shape index (κ1) is 34.8. The molecule has 6 bridgehead atoms. The van der Waals surface area contributed by atoms with Crippen molar-refractivity contribution in [3.8, 4) is 0 Å². The number of hydrogen-bond acceptors (Lipinski definition) is 3. The Morgan fingerprint density at radius 1 is 0.591 bits per heavy atom. The third kappa shape index (κ3) is 5.77. The van der Waals surface area contributed by atoms with Crippen molar-refractivity contribution in [3.05, 3.63) is 0 Å². The van der Waals surface area contributed by atoms with Gasteiger partial charge in [-0.1, -0.05) is 27.7 Å². The summed E-state index contributed by atoms with van der Waals surface area (Å²) in [6, 6.07) is 0. The van der Waals surface area contributed by atoms with E-state index in [1.165, 1.54) is 27.4 Å². The molecule has 9 heteroatoms. The van der Waals surface area contributed by atoms with Gasteiger partial charge in [0.05, 0.1) is 0 Å². The summed E-state index contributed by atoms with van der Waals surface area (Å²) in [5.74, 6) is 8.38. The van der Waals surface area contributed by atoms with Gasteiger partial charge in [-0.3, -0.25) is 0 Å². The van der Waals surface area contributed by atoms with E-state index in [0.717, 1.165) is 55.3 Å². The van der Waals surface area contributed by atoms with E-state index in [1.54, 1.807) is 6.92 Å². The van der Waals surface area contributed by atoms with E-state index in [1.807, 2.05) is 0 Å². The zero-order valence-electron chi connectivity index (χ0n) is 27.9. The molecule has 6 saturated carbocycles. The summed E-state index contributed by atoms with van der Waals surface area (Å²) in [4.78, 5) is 0. The lowest BCUT2D eigenvalue weighted by Crippen LogP contribution is -2.48.